The van der Waals surface area contributed by atoms with Crippen LogP contribution in [-0.2, 0) is 4.79 Å². The fourth-order valence-corrected chi connectivity index (χ4v) is 3.25. The van der Waals surface area contributed by atoms with Gasteiger partial charge in [0.2, 0.25) is 5.91 Å². The summed E-state index contributed by atoms with van der Waals surface area (Å²) in [5.74, 6) is 3.24. The maximum absolute atomic E-state index is 12.4. The largest absolute Gasteiger partial charge is 0.490 e. The van der Waals surface area contributed by atoms with Crippen molar-refractivity contribution in [1.29, 1.82) is 0 Å². The molecule has 1 saturated heterocycles. The first-order valence-electron chi connectivity index (χ1n) is 9.90. The summed E-state index contributed by atoms with van der Waals surface area (Å²) < 4.78 is 5.95. The molecular formula is C21H29N5O2. The van der Waals surface area contributed by atoms with Gasteiger partial charge in [0.05, 0.1) is 5.69 Å². The number of carbonyl (C=O) groups is 1. The van der Waals surface area contributed by atoms with Crippen molar-refractivity contribution in [2.45, 2.75) is 31.3 Å². The molecule has 0 aromatic heterocycles. The van der Waals surface area contributed by atoms with Crippen molar-refractivity contribution in [2.24, 2.45) is 10.2 Å². The fraction of sp³-hybridized carbons (Fsp3) is 0.571. The van der Waals surface area contributed by atoms with Crippen molar-refractivity contribution >= 4 is 11.6 Å². The summed E-state index contributed by atoms with van der Waals surface area (Å²) in [5.41, 5.74) is 0.274. The van der Waals surface area contributed by atoms with E-state index in [2.05, 4.69) is 38.3 Å². The van der Waals surface area contributed by atoms with Gasteiger partial charge >= 0.3 is 0 Å². The SMILES string of the molecule is C#CCCC1(CCC(=O)Nc2ccccc2OCCN2CCN(C)CC2)N=N1. The van der Waals surface area contributed by atoms with Crippen molar-refractivity contribution in [3.05, 3.63) is 24.3 Å². The minimum Gasteiger partial charge on any atom is -0.490 e. The molecule has 0 aliphatic carbocycles. The predicted molar refractivity (Wildman–Crippen MR) is 109 cm³/mol. The van der Waals surface area contributed by atoms with Gasteiger partial charge in [-0.25, -0.2) is 0 Å². The maximum atomic E-state index is 12.4. The van der Waals surface area contributed by atoms with E-state index in [1.165, 1.54) is 0 Å². The summed E-state index contributed by atoms with van der Waals surface area (Å²) >= 11 is 0. The van der Waals surface area contributed by atoms with Gasteiger partial charge in [-0.05, 0) is 19.2 Å². The second kappa shape index (κ2) is 9.67. The molecule has 0 spiro atoms. The first kappa shape index (κ1) is 20.3. The minimum absolute atomic E-state index is 0.0625. The number of nitrogens with one attached hydrogen (secondary N) is 1. The average molecular weight is 383 g/mol. The Bertz CT molecular complexity index is 729. The van der Waals surface area contributed by atoms with Crippen LogP contribution in [0, 0.1) is 12.3 Å². The molecule has 2 aliphatic rings. The smallest absolute Gasteiger partial charge is 0.224 e. The van der Waals surface area contributed by atoms with Gasteiger partial charge < -0.3 is 15.0 Å². The van der Waals surface area contributed by atoms with Gasteiger partial charge in [0.1, 0.15) is 12.4 Å². The molecule has 2 heterocycles. The zero-order chi connectivity index (χ0) is 19.8. The Morgan fingerprint density at radius 3 is 2.71 bits per heavy atom. The number of piperazine rings is 1. The fourth-order valence-electron chi connectivity index (χ4n) is 3.25. The Hall–Kier alpha value is -2.43. The molecule has 2 aliphatic heterocycles. The molecule has 1 aromatic carbocycles. The lowest BCUT2D eigenvalue weighted by molar-refractivity contribution is -0.116. The number of nitrogens with zero attached hydrogens (tertiary/aromatic N) is 4. The molecule has 0 atom stereocenters. The van der Waals surface area contributed by atoms with Gasteiger partial charge in [0, 0.05) is 58.4 Å². The minimum atomic E-state index is -0.428. The highest BCUT2D eigenvalue weighted by molar-refractivity contribution is 5.92. The quantitative estimate of drug-likeness (QED) is 0.631. The number of rotatable bonds is 10. The van der Waals surface area contributed by atoms with E-state index in [1.807, 2.05) is 24.3 Å². The highest BCUT2D eigenvalue weighted by Gasteiger charge is 2.39. The van der Waals surface area contributed by atoms with Crippen molar-refractivity contribution in [1.82, 2.24) is 9.80 Å². The summed E-state index contributed by atoms with van der Waals surface area (Å²) in [6.07, 6.45) is 7.58. The summed E-state index contributed by atoms with van der Waals surface area (Å²) in [6.45, 7) is 5.80. The Balaban J connectivity index is 1.43. The van der Waals surface area contributed by atoms with E-state index < -0.39 is 5.66 Å². The topological polar surface area (TPSA) is 69.5 Å². The second-order valence-electron chi connectivity index (χ2n) is 7.42. The van der Waals surface area contributed by atoms with Crippen LogP contribution in [0.15, 0.2) is 34.5 Å². The molecule has 1 fully saturated rings. The van der Waals surface area contributed by atoms with Crippen LogP contribution in [0.5, 0.6) is 5.75 Å². The van der Waals surface area contributed by atoms with Gasteiger partial charge in [-0.1, -0.05) is 12.1 Å². The molecule has 1 amide bonds. The molecule has 1 aromatic rings. The van der Waals surface area contributed by atoms with Gasteiger partial charge in [-0.15, -0.1) is 12.3 Å². The van der Waals surface area contributed by atoms with Crippen LogP contribution in [0.3, 0.4) is 0 Å². The van der Waals surface area contributed by atoms with Crippen LogP contribution in [0.25, 0.3) is 0 Å². The number of anilines is 1. The van der Waals surface area contributed by atoms with Crippen LogP contribution in [0.2, 0.25) is 0 Å². The molecule has 1 N–H and O–H groups in total. The van der Waals surface area contributed by atoms with Crippen molar-refractivity contribution in [2.75, 3.05) is 51.7 Å². The molecule has 0 saturated carbocycles. The van der Waals surface area contributed by atoms with E-state index in [4.69, 9.17) is 11.2 Å². The highest BCUT2D eigenvalue weighted by Crippen LogP contribution is 2.37. The zero-order valence-corrected chi connectivity index (χ0v) is 16.6. The number of terminal acetylenes is 1. The van der Waals surface area contributed by atoms with Gasteiger partial charge in [0.25, 0.3) is 0 Å². The third-order valence-corrected chi connectivity index (χ3v) is 5.23. The molecular weight excluding hydrogens is 354 g/mol. The van der Waals surface area contributed by atoms with Crippen molar-refractivity contribution in [3.63, 3.8) is 0 Å². The number of hydrogen-bond acceptors (Lipinski definition) is 6. The van der Waals surface area contributed by atoms with E-state index in [1.54, 1.807) is 0 Å². The number of likely N-dealkylation sites (N-methyl/N-ethyl adjacent to an activating group) is 1. The molecule has 28 heavy (non-hydrogen) atoms. The summed E-state index contributed by atoms with van der Waals surface area (Å²) in [7, 11) is 2.15. The maximum Gasteiger partial charge on any atom is 0.224 e. The van der Waals surface area contributed by atoms with Crippen LogP contribution in [0.4, 0.5) is 5.69 Å². The third kappa shape index (κ3) is 6.04. The zero-order valence-electron chi connectivity index (χ0n) is 16.6. The summed E-state index contributed by atoms with van der Waals surface area (Å²) in [5, 5.41) is 11.1. The molecule has 0 radical (unpaired) electrons. The van der Waals surface area contributed by atoms with Crippen LogP contribution >= 0.6 is 0 Å². The van der Waals surface area contributed by atoms with Crippen LogP contribution in [0.1, 0.15) is 25.7 Å². The van der Waals surface area contributed by atoms with Gasteiger partial charge in [-0.2, -0.15) is 10.2 Å². The Labute approximate surface area is 167 Å². The number of amides is 1. The van der Waals surface area contributed by atoms with Gasteiger partial charge in [0.15, 0.2) is 5.66 Å². The Morgan fingerprint density at radius 2 is 2.00 bits per heavy atom. The second-order valence-corrected chi connectivity index (χ2v) is 7.42. The Kier molecular flexibility index (Phi) is 7.01. The molecule has 7 nitrogen and oxygen atoms in total. The highest BCUT2D eigenvalue weighted by atomic mass is 16.5. The van der Waals surface area contributed by atoms with E-state index in [0.717, 1.165) is 32.7 Å². The van der Waals surface area contributed by atoms with E-state index in [9.17, 15) is 4.79 Å². The van der Waals surface area contributed by atoms with Crippen molar-refractivity contribution in [3.8, 4) is 18.1 Å². The number of para-hydroxylation sites is 2. The van der Waals surface area contributed by atoms with Crippen LogP contribution in [-0.4, -0.2) is 67.7 Å². The van der Waals surface area contributed by atoms with E-state index >= 15 is 0 Å². The molecule has 150 valence electrons. The number of hydrogen-bond donors (Lipinski definition) is 1. The first-order valence-corrected chi connectivity index (χ1v) is 9.90. The lowest BCUT2D eigenvalue weighted by atomic mass is 10.0. The number of benzene rings is 1. The van der Waals surface area contributed by atoms with Gasteiger partial charge in [-0.3, -0.25) is 9.69 Å². The molecule has 0 unspecified atom stereocenters. The van der Waals surface area contributed by atoms with Crippen molar-refractivity contribution < 1.29 is 9.53 Å². The number of ether oxygens (including phenoxy) is 1. The lowest BCUT2D eigenvalue weighted by Crippen LogP contribution is -2.45. The monoisotopic (exact) mass is 383 g/mol. The normalized spacial score (nSPS) is 18.4. The first-order chi connectivity index (χ1) is 13.6. The predicted octanol–water partition coefficient (Wildman–Crippen LogP) is 2.61. The van der Waals surface area contributed by atoms with E-state index in [-0.39, 0.29) is 5.91 Å². The van der Waals surface area contributed by atoms with Crippen LogP contribution < -0.4 is 10.1 Å². The number of carbonyl (C=O) groups excluding carboxylic acids is 1. The molecule has 0 bridgehead atoms. The lowest BCUT2D eigenvalue weighted by Gasteiger charge is -2.32. The summed E-state index contributed by atoms with van der Waals surface area (Å²) in [4.78, 5) is 17.1. The average Bonchev–Trinajstić information content (AvgIpc) is 3.48. The molecule has 7 heteroatoms. The Morgan fingerprint density at radius 1 is 1.25 bits per heavy atom. The third-order valence-electron chi connectivity index (χ3n) is 5.23. The standard InChI is InChI=1S/C21H29N5O2/c1-3-4-10-21(23-24-21)11-9-20(27)22-18-7-5-6-8-19(18)28-17-16-26-14-12-25(2)13-15-26/h1,5-8H,4,9-17H2,2H3,(H,22,27). The summed E-state index contributed by atoms with van der Waals surface area (Å²) in [6, 6.07) is 7.56. The molecule has 3 rings (SSSR count). The van der Waals surface area contributed by atoms with E-state index in [0.29, 0.717) is 43.7 Å².